The van der Waals surface area contributed by atoms with Gasteiger partial charge in [0.1, 0.15) is 11.4 Å². The lowest BCUT2D eigenvalue weighted by Gasteiger charge is -2.34. The summed E-state index contributed by atoms with van der Waals surface area (Å²) in [6.07, 6.45) is 3.26. The molecule has 1 aliphatic heterocycles. The minimum absolute atomic E-state index is 0.224. The zero-order valence-electron chi connectivity index (χ0n) is 32.5. The van der Waals surface area contributed by atoms with E-state index < -0.39 is 12.3 Å². The van der Waals surface area contributed by atoms with Gasteiger partial charge in [-0.1, -0.05) is 158 Å². The Balaban J connectivity index is 1.32. The predicted molar refractivity (Wildman–Crippen MR) is 218 cm³/mol. The standard InChI is InChI=1S/C50H38N2O/c1-33-24-29-42-47(53-49-48(50(42,2)3)51-30-31-52-49)43(33)39-27-25-35(26-28-39)41-32-40(34-16-8-4-9-17-34)44(36-18-10-5-11-19-36)46(38-22-14-7-15-23-38)45(41)37-20-12-6-13-21-37/h4-32H,1-3H3/i1D3. The minimum atomic E-state index is -2.39. The minimum Gasteiger partial charge on any atom is -0.436 e. The lowest BCUT2D eigenvalue weighted by Crippen LogP contribution is -2.26. The van der Waals surface area contributed by atoms with E-state index in [9.17, 15) is 0 Å². The maximum Gasteiger partial charge on any atom is 0.242 e. The molecule has 1 aromatic heterocycles. The van der Waals surface area contributed by atoms with Crippen molar-refractivity contribution in [2.45, 2.75) is 26.1 Å². The van der Waals surface area contributed by atoms with Gasteiger partial charge in [0.25, 0.3) is 0 Å². The second-order valence-electron chi connectivity index (χ2n) is 13.9. The molecule has 0 unspecified atom stereocenters. The summed E-state index contributed by atoms with van der Waals surface area (Å²) in [7, 11) is 0. The summed E-state index contributed by atoms with van der Waals surface area (Å²) >= 11 is 0. The van der Waals surface area contributed by atoms with Crippen LogP contribution >= 0.6 is 0 Å². The van der Waals surface area contributed by atoms with Crippen LogP contribution in [0.25, 0.3) is 66.8 Å². The predicted octanol–water partition coefficient (Wildman–Crippen LogP) is 13.2. The Labute approximate surface area is 315 Å². The average Bonchev–Trinajstić information content (AvgIpc) is 3.23. The Hall–Kier alpha value is -6.58. The third-order valence-electron chi connectivity index (χ3n) is 10.4. The molecule has 1 aliphatic rings. The molecule has 3 heteroatoms. The summed E-state index contributed by atoms with van der Waals surface area (Å²) in [5, 5.41) is 0. The number of ether oxygens (including phenoxy) is 1. The molecule has 0 spiro atoms. The monoisotopic (exact) mass is 685 g/mol. The molecule has 53 heavy (non-hydrogen) atoms. The highest BCUT2D eigenvalue weighted by atomic mass is 16.5. The zero-order valence-corrected chi connectivity index (χ0v) is 29.5. The number of rotatable bonds is 6. The molecule has 8 aromatic rings. The lowest BCUT2D eigenvalue weighted by atomic mass is 9.77. The third-order valence-corrected chi connectivity index (χ3v) is 10.4. The fraction of sp³-hybridized carbons (Fsp3) is 0.0800. The molecule has 0 atom stereocenters. The number of hydrogen-bond acceptors (Lipinski definition) is 3. The van der Waals surface area contributed by atoms with E-state index in [1.54, 1.807) is 18.5 Å². The van der Waals surface area contributed by atoms with E-state index in [0.717, 1.165) is 66.8 Å². The van der Waals surface area contributed by atoms with Crippen molar-refractivity contribution in [2.75, 3.05) is 0 Å². The summed E-state index contributed by atoms with van der Waals surface area (Å²) in [6.45, 7) is 1.76. The number of hydrogen-bond donors (Lipinski definition) is 0. The van der Waals surface area contributed by atoms with Crippen molar-refractivity contribution in [1.29, 1.82) is 0 Å². The molecule has 254 valence electrons. The molecule has 0 aliphatic carbocycles. The summed E-state index contributed by atoms with van der Waals surface area (Å²) < 4.78 is 32.2. The van der Waals surface area contributed by atoms with Crippen LogP contribution in [0.3, 0.4) is 0 Å². The van der Waals surface area contributed by atoms with Crippen LogP contribution in [0.5, 0.6) is 11.6 Å². The van der Waals surface area contributed by atoms with E-state index in [0.29, 0.717) is 22.9 Å². The topological polar surface area (TPSA) is 35.0 Å². The SMILES string of the molecule is [2H]C([2H])([2H])c1ccc2c(c1-c1ccc(-c3cc(-c4ccccc4)c(-c4ccccc4)c(-c4ccccc4)c3-c3ccccc3)cc1)Oc1nccnc1C2(C)C. The maximum atomic E-state index is 8.58. The highest BCUT2D eigenvalue weighted by Crippen LogP contribution is 2.52. The van der Waals surface area contributed by atoms with E-state index in [1.165, 1.54) is 0 Å². The molecule has 3 nitrogen and oxygen atoms in total. The molecule has 0 N–H and O–H groups in total. The number of benzene rings is 7. The average molecular weight is 686 g/mol. The molecule has 0 amide bonds. The molecule has 0 bridgehead atoms. The van der Waals surface area contributed by atoms with Crippen LogP contribution in [0.2, 0.25) is 0 Å². The van der Waals surface area contributed by atoms with Gasteiger partial charge < -0.3 is 4.74 Å². The van der Waals surface area contributed by atoms with Gasteiger partial charge >= 0.3 is 0 Å². The van der Waals surface area contributed by atoms with Gasteiger partial charge in [-0.05, 0) is 93.5 Å². The second kappa shape index (κ2) is 13.2. The van der Waals surface area contributed by atoms with Crippen molar-refractivity contribution >= 4 is 0 Å². The molecule has 0 radical (unpaired) electrons. The van der Waals surface area contributed by atoms with E-state index in [-0.39, 0.29) is 5.56 Å². The quantitative estimate of drug-likeness (QED) is 0.175. The van der Waals surface area contributed by atoms with Crippen LogP contribution in [0.1, 0.15) is 34.8 Å². The highest BCUT2D eigenvalue weighted by molar-refractivity contribution is 6.07. The highest BCUT2D eigenvalue weighted by Gasteiger charge is 2.38. The van der Waals surface area contributed by atoms with Gasteiger partial charge in [0.05, 0.1) is 0 Å². The van der Waals surface area contributed by atoms with Gasteiger partial charge in [-0.25, -0.2) is 4.98 Å². The Morgan fingerprint density at radius 3 is 1.47 bits per heavy atom. The van der Waals surface area contributed by atoms with Gasteiger partial charge in [-0.3, -0.25) is 4.98 Å². The fourth-order valence-electron chi connectivity index (χ4n) is 7.80. The normalized spacial score (nSPS) is 13.8. The summed E-state index contributed by atoms with van der Waals surface area (Å²) in [5.74, 6) is 0.887. The number of aryl methyl sites for hydroxylation is 1. The first-order valence-electron chi connectivity index (χ1n) is 19.4. The molecular weight excluding hydrogens is 645 g/mol. The molecule has 2 heterocycles. The van der Waals surface area contributed by atoms with Crippen LogP contribution < -0.4 is 4.74 Å². The first-order valence-corrected chi connectivity index (χ1v) is 17.9. The second-order valence-corrected chi connectivity index (χ2v) is 13.9. The van der Waals surface area contributed by atoms with Crippen LogP contribution in [0.15, 0.2) is 176 Å². The van der Waals surface area contributed by atoms with Crippen molar-refractivity contribution in [3.05, 3.63) is 193 Å². The smallest absolute Gasteiger partial charge is 0.242 e. The van der Waals surface area contributed by atoms with E-state index in [2.05, 4.69) is 151 Å². The molecule has 9 rings (SSSR count). The first kappa shape index (κ1) is 29.0. The lowest BCUT2D eigenvalue weighted by molar-refractivity contribution is 0.394. The molecule has 0 saturated carbocycles. The van der Waals surface area contributed by atoms with Gasteiger partial charge in [0.2, 0.25) is 5.88 Å². The summed E-state index contributed by atoms with van der Waals surface area (Å²) in [6, 6.07) is 56.5. The van der Waals surface area contributed by atoms with Crippen molar-refractivity contribution in [3.8, 4) is 78.4 Å². The van der Waals surface area contributed by atoms with Crippen molar-refractivity contribution < 1.29 is 8.85 Å². The van der Waals surface area contributed by atoms with Gasteiger partial charge in [-0.15, -0.1) is 0 Å². The fourth-order valence-corrected chi connectivity index (χ4v) is 7.80. The number of aromatic nitrogens is 2. The Morgan fingerprint density at radius 1 is 0.472 bits per heavy atom. The number of nitrogens with zero attached hydrogens (tertiary/aromatic N) is 2. The van der Waals surface area contributed by atoms with Crippen LogP contribution in [-0.2, 0) is 5.41 Å². The van der Waals surface area contributed by atoms with Gasteiger partial charge in [0, 0.05) is 33.0 Å². The largest absolute Gasteiger partial charge is 0.436 e. The first-order chi connectivity index (χ1) is 27.2. The Kier molecular flexibility index (Phi) is 7.23. The van der Waals surface area contributed by atoms with E-state index in [4.69, 9.17) is 8.85 Å². The van der Waals surface area contributed by atoms with Crippen molar-refractivity contribution in [1.82, 2.24) is 9.97 Å². The molecular formula is C50H38N2O. The molecule has 0 saturated heterocycles. The van der Waals surface area contributed by atoms with Gasteiger partial charge in [0.15, 0.2) is 0 Å². The van der Waals surface area contributed by atoms with Crippen LogP contribution in [0.4, 0.5) is 0 Å². The third kappa shape index (κ3) is 5.62. The van der Waals surface area contributed by atoms with Crippen molar-refractivity contribution in [3.63, 3.8) is 0 Å². The summed E-state index contributed by atoms with van der Waals surface area (Å²) in [4.78, 5) is 9.11. The van der Waals surface area contributed by atoms with Crippen molar-refractivity contribution in [2.24, 2.45) is 0 Å². The van der Waals surface area contributed by atoms with Crippen LogP contribution in [0, 0.1) is 6.85 Å². The van der Waals surface area contributed by atoms with E-state index >= 15 is 0 Å². The number of fused-ring (bicyclic) bond motifs is 2. The maximum absolute atomic E-state index is 8.58. The van der Waals surface area contributed by atoms with Gasteiger partial charge in [-0.2, -0.15) is 0 Å². The van der Waals surface area contributed by atoms with Crippen LogP contribution in [-0.4, -0.2) is 9.97 Å². The Bertz CT molecular complexity index is 2690. The van der Waals surface area contributed by atoms with E-state index in [1.807, 2.05) is 30.3 Å². The zero-order chi connectivity index (χ0) is 38.4. The molecule has 0 fully saturated rings. The summed E-state index contributed by atoms with van der Waals surface area (Å²) in [5.41, 5.74) is 13.6. The molecule has 7 aromatic carbocycles. The Morgan fingerprint density at radius 2 is 0.925 bits per heavy atom.